The number of hydrogen-bond donors (Lipinski definition) is 1. The summed E-state index contributed by atoms with van der Waals surface area (Å²) in [6.45, 7) is 10.4. The Hall–Kier alpha value is -0.180. The Morgan fingerprint density at radius 2 is 1.88 bits per heavy atom. The lowest BCUT2D eigenvalue weighted by molar-refractivity contribution is 0.663. The van der Waals surface area contributed by atoms with Gasteiger partial charge >= 0.3 is 0 Å². The van der Waals surface area contributed by atoms with E-state index in [4.69, 9.17) is 5.73 Å². The molecule has 1 heterocycles. The predicted octanol–water partition coefficient (Wildman–Crippen LogP) is 4.09. The number of hydrogen-bond acceptors (Lipinski definition) is 3. The zero-order valence-corrected chi connectivity index (χ0v) is 12.6. The first-order chi connectivity index (χ1) is 7.74. The van der Waals surface area contributed by atoms with Crippen LogP contribution in [0.15, 0.2) is 4.99 Å². The minimum atomic E-state index is 0.493. The van der Waals surface area contributed by atoms with Crippen molar-refractivity contribution >= 4 is 17.6 Å². The zero-order chi connectivity index (χ0) is 12.8. The largest absolute Gasteiger partial charge is 0.387 e. The number of nitrogens with two attached hydrogens (primary N) is 1. The van der Waals surface area contributed by atoms with E-state index in [9.17, 15) is 0 Å². The molecule has 0 aromatic carbocycles. The second-order valence-electron chi connectivity index (χ2n) is 3.59. The number of nitrogens with zero attached hydrogens (tertiary/aromatic N) is 1. The molecule has 2 nitrogen and oxygen atoms in total. The molecule has 98 valence electrons. The molecule has 1 atom stereocenters. The van der Waals surface area contributed by atoms with E-state index < -0.39 is 0 Å². The fourth-order valence-electron chi connectivity index (χ4n) is 1.21. The summed E-state index contributed by atoms with van der Waals surface area (Å²) in [5.41, 5.74) is 5.69. The second kappa shape index (κ2) is 14.8. The summed E-state index contributed by atoms with van der Waals surface area (Å²) < 4.78 is 0. The second-order valence-corrected chi connectivity index (χ2v) is 4.74. The molecule has 0 amide bonds. The number of thioether (sulfide) groups is 1. The maximum absolute atomic E-state index is 5.69. The summed E-state index contributed by atoms with van der Waals surface area (Å²) in [6, 6.07) is 0.493. The Morgan fingerprint density at radius 1 is 1.31 bits per heavy atom. The molecule has 0 saturated carbocycles. The highest BCUT2D eigenvalue weighted by atomic mass is 32.2. The van der Waals surface area contributed by atoms with Crippen LogP contribution in [0, 0.1) is 0 Å². The number of amidine groups is 1. The molecule has 0 spiro atoms. The average Bonchev–Trinajstić information content (AvgIpc) is 2.47. The summed E-state index contributed by atoms with van der Waals surface area (Å²) in [4.78, 5) is 4.44. The van der Waals surface area contributed by atoms with E-state index in [1.807, 2.05) is 25.6 Å². The van der Waals surface area contributed by atoms with E-state index in [0.717, 1.165) is 23.8 Å². The molecule has 1 aliphatic rings. The lowest BCUT2D eigenvalue weighted by atomic mass is 10.2. The van der Waals surface area contributed by atoms with Gasteiger partial charge in [0.05, 0.1) is 11.9 Å². The van der Waals surface area contributed by atoms with Crippen LogP contribution in [-0.2, 0) is 0 Å². The fourth-order valence-corrected chi connectivity index (χ4v) is 2.25. The van der Waals surface area contributed by atoms with Crippen LogP contribution >= 0.6 is 11.8 Å². The first-order valence-electron chi connectivity index (χ1n) is 6.64. The maximum Gasteiger partial charge on any atom is 0.0949 e. The van der Waals surface area contributed by atoms with Gasteiger partial charge in [0.1, 0.15) is 0 Å². The molecule has 0 unspecified atom stereocenters. The van der Waals surface area contributed by atoms with Crippen molar-refractivity contribution < 1.29 is 0 Å². The molecule has 1 aliphatic heterocycles. The van der Waals surface area contributed by atoms with Crippen molar-refractivity contribution in [1.29, 1.82) is 0 Å². The van der Waals surface area contributed by atoms with Crippen molar-refractivity contribution in [2.75, 3.05) is 11.5 Å². The average molecular weight is 246 g/mol. The van der Waals surface area contributed by atoms with Gasteiger partial charge in [-0.25, -0.2) is 0 Å². The Labute approximate surface area is 106 Å². The van der Waals surface area contributed by atoms with Gasteiger partial charge in [-0.3, -0.25) is 4.99 Å². The smallest absolute Gasteiger partial charge is 0.0949 e. The lowest BCUT2D eigenvalue weighted by Gasteiger charge is -2.07. The van der Waals surface area contributed by atoms with Crippen LogP contribution in [0.25, 0.3) is 0 Å². The van der Waals surface area contributed by atoms with Crippen molar-refractivity contribution in [2.45, 2.75) is 66.3 Å². The van der Waals surface area contributed by atoms with Crippen LogP contribution in [0.1, 0.15) is 60.3 Å². The third-order valence-electron chi connectivity index (χ3n) is 1.78. The molecule has 3 heteroatoms. The van der Waals surface area contributed by atoms with E-state index in [-0.39, 0.29) is 0 Å². The maximum atomic E-state index is 5.69. The van der Waals surface area contributed by atoms with Crippen molar-refractivity contribution in [3.8, 4) is 0 Å². The summed E-state index contributed by atoms with van der Waals surface area (Å²) in [6.07, 6.45) is 4.63. The monoisotopic (exact) mass is 246 g/mol. The Bertz CT molecular complexity index is 158. The summed E-state index contributed by atoms with van der Waals surface area (Å²) >= 11 is 1.97. The van der Waals surface area contributed by atoms with Crippen LogP contribution in [-0.4, -0.2) is 23.4 Å². The summed E-state index contributed by atoms with van der Waals surface area (Å²) in [5.74, 6) is 3.16. The van der Waals surface area contributed by atoms with Crippen LogP contribution < -0.4 is 5.73 Å². The Kier molecular flexibility index (Phi) is 16.9. The quantitative estimate of drug-likeness (QED) is 0.797. The zero-order valence-electron chi connectivity index (χ0n) is 11.8. The first-order valence-corrected chi connectivity index (χ1v) is 7.79. The molecule has 1 rings (SSSR count). The SMILES string of the molecule is CC.CCC.CCC[C@H]1CSCCC(N)=N1. The van der Waals surface area contributed by atoms with Crippen molar-refractivity contribution in [3.63, 3.8) is 0 Å². The highest BCUT2D eigenvalue weighted by Gasteiger charge is 2.10. The third kappa shape index (κ3) is 11.9. The molecular formula is C13H30N2S. The Balaban J connectivity index is 0. The molecule has 0 aromatic heterocycles. The molecule has 0 saturated heterocycles. The minimum absolute atomic E-state index is 0.493. The van der Waals surface area contributed by atoms with E-state index in [1.54, 1.807) is 0 Å². The fraction of sp³-hybridized carbons (Fsp3) is 0.923. The van der Waals surface area contributed by atoms with E-state index in [1.165, 1.54) is 19.3 Å². The topological polar surface area (TPSA) is 38.4 Å². The molecule has 0 aromatic rings. The van der Waals surface area contributed by atoms with Crippen LogP contribution in [0.5, 0.6) is 0 Å². The van der Waals surface area contributed by atoms with Crippen LogP contribution in [0.2, 0.25) is 0 Å². The highest BCUT2D eigenvalue weighted by Crippen LogP contribution is 2.15. The normalized spacial score (nSPS) is 19.3. The van der Waals surface area contributed by atoms with Gasteiger partial charge in [0.25, 0.3) is 0 Å². The van der Waals surface area contributed by atoms with Crippen molar-refractivity contribution in [1.82, 2.24) is 0 Å². The van der Waals surface area contributed by atoms with E-state index in [2.05, 4.69) is 25.8 Å². The first kappa shape index (κ1) is 18.2. The summed E-state index contributed by atoms with van der Waals surface area (Å²) in [7, 11) is 0. The highest BCUT2D eigenvalue weighted by molar-refractivity contribution is 7.99. The van der Waals surface area contributed by atoms with Crippen LogP contribution in [0.3, 0.4) is 0 Å². The molecule has 0 radical (unpaired) electrons. The van der Waals surface area contributed by atoms with Gasteiger partial charge in [0.2, 0.25) is 0 Å². The molecular weight excluding hydrogens is 216 g/mol. The van der Waals surface area contributed by atoms with Crippen LogP contribution in [0.4, 0.5) is 0 Å². The molecule has 2 N–H and O–H groups in total. The van der Waals surface area contributed by atoms with Crippen molar-refractivity contribution in [3.05, 3.63) is 0 Å². The van der Waals surface area contributed by atoms with Gasteiger partial charge in [-0.2, -0.15) is 11.8 Å². The van der Waals surface area contributed by atoms with E-state index >= 15 is 0 Å². The minimum Gasteiger partial charge on any atom is -0.387 e. The van der Waals surface area contributed by atoms with E-state index in [0.29, 0.717) is 6.04 Å². The summed E-state index contributed by atoms with van der Waals surface area (Å²) in [5, 5.41) is 0. The van der Waals surface area contributed by atoms with Gasteiger partial charge in [0, 0.05) is 17.9 Å². The third-order valence-corrected chi connectivity index (χ3v) is 2.90. The van der Waals surface area contributed by atoms with Crippen molar-refractivity contribution in [2.24, 2.45) is 10.7 Å². The number of aliphatic imine (C=N–C) groups is 1. The molecule has 0 aliphatic carbocycles. The standard InChI is InChI=1S/C8H16N2S.C3H8.C2H6/c1-2-3-7-6-11-5-4-8(9)10-7;1-3-2;1-2/h7H,2-6H2,1H3,(H2,9,10);3H2,1-2H3;1-2H3/t7-;;/m0../s1. The van der Waals surface area contributed by atoms with Gasteiger partial charge < -0.3 is 5.73 Å². The Morgan fingerprint density at radius 3 is 2.38 bits per heavy atom. The van der Waals surface area contributed by atoms with Gasteiger partial charge in [-0.1, -0.05) is 47.5 Å². The molecule has 16 heavy (non-hydrogen) atoms. The lowest BCUT2D eigenvalue weighted by Crippen LogP contribution is -2.15. The molecule has 0 bridgehead atoms. The predicted molar refractivity (Wildman–Crippen MR) is 79.6 cm³/mol. The van der Waals surface area contributed by atoms with Gasteiger partial charge in [0.15, 0.2) is 0 Å². The number of rotatable bonds is 2. The van der Waals surface area contributed by atoms with Gasteiger partial charge in [-0.15, -0.1) is 0 Å². The molecule has 0 fully saturated rings. The van der Waals surface area contributed by atoms with Gasteiger partial charge in [-0.05, 0) is 6.42 Å².